The minimum Gasteiger partial charge on any atom is -0.364 e. The molecule has 0 spiro atoms. The van der Waals surface area contributed by atoms with Crippen molar-refractivity contribution in [1.29, 1.82) is 0 Å². The lowest BCUT2D eigenvalue weighted by Crippen LogP contribution is -2.17. The zero-order chi connectivity index (χ0) is 9.84. The highest BCUT2D eigenvalue weighted by Crippen LogP contribution is 2.11. The van der Waals surface area contributed by atoms with Crippen LogP contribution in [-0.4, -0.2) is 16.3 Å². The van der Waals surface area contributed by atoms with Gasteiger partial charge in [0.2, 0.25) is 0 Å². The van der Waals surface area contributed by atoms with E-state index in [0.717, 1.165) is 12.0 Å². The molecule has 0 saturated heterocycles. The molecule has 0 amide bonds. The van der Waals surface area contributed by atoms with Gasteiger partial charge in [-0.15, -0.1) is 0 Å². The Morgan fingerprint density at radius 3 is 2.15 bits per heavy atom. The maximum absolute atomic E-state index is 8.83. The molecule has 0 aliphatic rings. The fourth-order valence-electron chi connectivity index (χ4n) is 1.20. The van der Waals surface area contributed by atoms with E-state index in [1.54, 1.807) is 12.1 Å². The van der Waals surface area contributed by atoms with E-state index in [1.165, 1.54) is 0 Å². The van der Waals surface area contributed by atoms with Crippen LogP contribution in [0.5, 0.6) is 0 Å². The second kappa shape index (κ2) is 4.37. The number of rotatable bonds is 3. The Balaban J connectivity index is 2.70. The van der Waals surface area contributed by atoms with E-state index in [2.05, 4.69) is 0 Å². The number of aliphatic hydroxyl groups is 2. The Kier molecular flexibility index (Phi) is 3.42. The number of aliphatic hydroxyl groups excluding tert-OH is 1. The molecule has 0 heterocycles. The van der Waals surface area contributed by atoms with E-state index >= 15 is 0 Å². The van der Waals surface area contributed by atoms with Gasteiger partial charge in [0.1, 0.15) is 0 Å². The van der Waals surface area contributed by atoms with Gasteiger partial charge in [0.25, 0.3) is 0 Å². The van der Waals surface area contributed by atoms with Crippen LogP contribution < -0.4 is 5.73 Å². The fourth-order valence-corrected chi connectivity index (χ4v) is 1.20. The van der Waals surface area contributed by atoms with Crippen molar-refractivity contribution in [2.24, 2.45) is 5.73 Å². The monoisotopic (exact) mass is 181 g/mol. The van der Waals surface area contributed by atoms with Gasteiger partial charge in [-0.1, -0.05) is 24.3 Å². The van der Waals surface area contributed by atoms with Gasteiger partial charge in [-0.2, -0.15) is 0 Å². The molecular formula is C10H15NO2. The lowest BCUT2D eigenvalue weighted by molar-refractivity contribution is -0.0424. The molecule has 0 aromatic heterocycles. The second-order valence-electron chi connectivity index (χ2n) is 3.30. The molecule has 1 aromatic rings. The minimum atomic E-state index is -1.38. The molecule has 0 bridgehead atoms. The molecule has 1 atom stereocenters. The van der Waals surface area contributed by atoms with Crippen LogP contribution in [0.1, 0.15) is 24.3 Å². The zero-order valence-corrected chi connectivity index (χ0v) is 7.64. The molecule has 3 heteroatoms. The first kappa shape index (κ1) is 10.2. The van der Waals surface area contributed by atoms with Gasteiger partial charge >= 0.3 is 0 Å². The Bertz CT molecular complexity index is 254. The summed E-state index contributed by atoms with van der Waals surface area (Å²) in [6.07, 6.45) is -0.578. The molecule has 3 nitrogen and oxygen atoms in total. The molecule has 4 N–H and O–H groups in total. The van der Waals surface area contributed by atoms with E-state index in [4.69, 9.17) is 15.9 Å². The van der Waals surface area contributed by atoms with Crippen LogP contribution in [-0.2, 0) is 6.42 Å². The number of nitrogens with two attached hydrogens (primary N) is 1. The van der Waals surface area contributed by atoms with Crippen LogP contribution in [0.2, 0.25) is 0 Å². The van der Waals surface area contributed by atoms with Crippen molar-refractivity contribution in [3.8, 4) is 0 Å². The molecule has 0 saturated carbocycles. The number of benzene rings is 1. The molecular weight excluding hydrogens is 166 g/mol. The predicted molar refractivity (Wildman–Crippen MR) is 51.0 cm³/mol. The summed E-state index contributed by atoms with van der Waals surface area (Å²) in [6.45, 7) is 1.94. The van der Waals surface area contributed by atoms with Crippen LogP contribution in [0.4, 0.5) is 0 Å². The predicted octanol–water partition coefficient (Wildman–Crippen LogP) is 0.560. The largest absolute Gasteiger partial charge is 0.364 e. The molecule has 13 heavy (non-hydrogen) atoms. The van der Waals surface area contributed by atoms with Crippen LogP contribution in [0.25, 0.3) is 0 Å². The Labute approximate surface area is 77.8 Å². The van der Waals surface area contributed by atoms with E-state index in [1.807, 2.05) is 19.1 Å². The average molecular weight is 181 g/mol. The SMILES string of the molecule is C[C@@H](N)Cc1ccc(C(O)O)cc1. The van der Waals surface area contributed by atoms with E-state index < -0.39 is 6.29 Å². The van der Waals surface area contributed by atoms with Crippen molar-refractivity contribution in [2.45, 2.75) is 25.7 Å². The van der Waals surface area contributed by atoms with Crippen LogP contribution in [0, 0.1) is 0 Å². The maximum atomic E-state index is 8.83. The molecule has 0 radical (unpaired) electrons. The summed E-state index contributed by atoms with van der Waals surface area (Å²) in [6, 6.07) is 7.24. The highest BCUT2D eigenvalue weighted by Gasteiger charge is 2.02. The third-order valence-corrected chi connectivity index (χ3v) is 1.84. The molecule has 0 aliphatic heterocycles. The second-order valence-corrected chi connectivity index (χ2v) is 3.30. The third kappa shape index (κ3) is 3.14. The van der Waals surface area contributed by atoms with Gasteiger partial charge in [0.15, 0.2) is 6.29 Å². The third-order valence-electron chi connectivity index (χ3n) is 1.84. The van der Waals surface area contributed by atoms with Gasteiger partial charge in [0.05, 0.1) is 0 Å². The smallest absolute Gasteiger partial charge is 0.178 e. The minimum absolute atomic E-state index is 0.130. The topological polar surface area (TPSA) is 66.5 Å². The summed E-state index contributed by atoms with van der Waals surface area (Å²) in [5.41, 5.74) is 7.24. The van der Waals surface area contributed by atoms with E-state index in [-0.39, 0.29) is 6.04 Å². The lowest BCUT2D eigenvalue weighted by Gasteiger charge is -2.07. The maximum Gasteiger partial charge on any atom is 0.178 e. The molecule has 0 fully saturated rings. The molecule has 0 aliphatic carbocycles. The van der Waals surface area contributed by atoms with Crippen molar-refractivity contribution in [2.75, 3.05) is 0 Å². The van der Waals surface area contributed by atoms with Gasteiger partial charge in [-0.05, 0) is 18.9 Å². The summed E-state index contributed by atoms with van der Waals surface area (Å²) in [7, 11) is 0. The first-order valence-electron chi connectivity index (χ1n) is 4.30. The van der Waals surface area contributed by atoms with Gasteiger partial charge < -0.3 is 15.9 Å². The van der Waals surface area contributed by atoms with E-state index in [0.29, 0.717) is 5.56 Å². The number of hydrogen-bond donors (Lipinski definition) is 3. The van der Waals surface area contributed by atoms with Crippen molar-refractivity contribution >= 4 is 0 Å². The van der Waals surface area contributed by atoms with Crippen LogP contribution in [0.15, 0.2) is 24.3 Å². The lowest BCUT2D eigenvalue weighted by atomic mass is 10.1. The van der Waals surface area contributed by atoms with Crippen molar-refractivity contribution in [3.05, 3.63) is 35.4 Å². The van der Waals surface area contributed by atoms with Crippen molar-refractivity contribution in [1.82, 2.24) is 0 Å². The average Bonchev–Trinajstić information content (AvgIpc) is 2.04. The quantitative estimate of drug-likeness (QED) is 0.597. The van der Waals surface area contributed by atoms with E-state index in [9.17, 15) is 0 Å². The summed E-state index contributed by atoms with van der Waals surface area (Å²) in [4.78, 5) is 0. The van der Waals surface area contributed by atoms with Gasteiger partial charge in [-0.3, -0.25) is 0 Å². The summed E-state index contributed by atoms with van der Waals surface area (Å²) in [5, 5.41) is 17.7. The first-order valence-corrected chi connectivity index (χ1v) is 4.30. The molecule has 0 unspecified atom stereocenters. The Hall–Kier alpha value is -0.900. The summed E-state index contributed by atoms with van der Waals surface area (Å²) < 4.78 is 0. The van der Waals surface area contributed by atoms with Crippen LogP contribution in [0.3, 0.4) is 0 Å². The number of hydrogen-bond acceptors (Lipinski definition) is 3. The summed E-state index contributed by atoms with van der Waals surface area (Å²) in [5.74, 6) is 0. The summed E-state index contributed by atoms with van der Waals surface area (Å²) >= 11 is 0. The Morgan fingerprint density at radius 1 is 1.23 bits per heavy atom. The normalized spacial score (nSPS) is 13.3. The Morgan fingerprint density at radius 2 is 1.77 bits per heavy atom. The highest BCUT2D eigenvalue weighted by atomic mass is 16.5. The first-order chi connectivity index (χ1) is 6.09. The van der Waals surface area contributed by atoms with Crippen LogP contribution >= 0.6 is 0 Å². The van der Waals surface area contributed by atoms with Crippen molar-refractivity contribution in [3.63, 3.8) is 0 Å². The van der Waals surface area contributed by atoms with Gasteiger partial charge in [-0.25, -0.2) is 0 Å². The van der Waals surface area contributed by atoms with Gasteiger partial charge in [0, 0.05) is 11.6 Å². The molecule has 1 rings (SSSR count). The van der Waals surface area contributed by atoms with Crippen molar-refractivity contribution < 1.29 is 10.2 Å². The molecule has 1 aromatic carbocycles. The zero-order valence-electron chi connectivity index (χ0n) is 7.64. The standard InChI is InChI=1S/C10H15NO2/c1-7(11)6-8-2-4-9(5-3-8)10(12)13/h2-5,7,10,12-13H,6,11H2,1H3/t7-/m1/s1. The highest BCUT2D eigenvalue weighted by molar-refractivity contribution is 5.23. The molecule has 72 valence electrons. The fraction of sp³-hybridized carbons (Fsp3) is 0.400.